The van der Waals surface area contributed by atoms with Crippen LogP contribution < -0.4 is 19.9 Å². The predicted molar refractivity (Wildman–Crippen MR) is 184 cm³/mol. The van der Waals surface area contributed by atoms with Crippen LogP contribution in [0.15, 0.2) is 46.9 Å². The maximum absolute atomic E-state index is 15.1. The Morgan fingerprint density at radius 3 is 2.85 bits per heavy atom. The van der Waals surface area contributed by atoms with Crippen LogP contribution in [0.5, 0.6) is 11.8 Å². The number of rotatable bonds is 6. The van der Waals surface area contributed by atoms with E-state index in [-0.39, 0.29) is 17.1 Å². The fourth-order valence-corrected chi connectivity index (χ4v) is 8.64. The topological polar surface area (TPSA) is 77.0 Å². The molecule has 3 aromatic carbocycles. The first kappa shape index (κ1) is 30.6. The number of phenolic OH excluding ortho intramolecular Hbond substituents is 1. The largest absolute Gasteiger partial charge is 0.508 e. The van der Waals surface area contributed by atoms with Crippen LogP contribution in [0.2, 0.25) is 0 Å². The van der Waals surface area contributed by atoms with E-state index in [1.165, 1.54) is 11.6 Å². The zero-order valence-electron chi connectivity index (χ0n) is 26.5. The minimum Gasteiger partial charge on any atom is -0.508 e. The average Bonchev–Trinajstić information content (AvgIpc) is 3.50. The van der Waals surface area contributed by atoms with Crippen LogP contribution in [0.3, 0.4) is 0 Å². The molecule has 4 aliphatic heterocycles. The number of nitrogens with zero attached hydrogens (tertiary/aromatic N) is 5. The van der Waals surface area contributed by atoms with Gasteiger partial charge in [0.25, 0.3) is 0 Å². The molecule has 0 saturated carbocycles. The number of benzene rings is 3. The van der Waals surface area contributed by atoms with Gasteiger partial charge in [0.2, 0.25) is 0 Å². The molecule has 0 aliphatic carbocycles. The number of aromatic nitrogens is 2. The molecule has 2 fully saturated rings. The van der Waals surface area contributed by atoms with Gasteiger partial charge in [-0.15, -0.1) is 0 Å². The van der Waals surface area contributed by atoms with E-state index in [0.29, 0.717) is 63.6 Å². The highest BCUT2D eigenvalue weighted by atomic mass is 79.9. The second kappa shape index (κ2) is 12.1. The third-order valence-corrected chi connectivity index (χ3v) is 11.0. The number of aromatic hydroxyl groups is 1. The Morgan fingerprint density at radius 1 is 1.09 bits per heavy atom. The lowest BCUT2D eigenvalue weighted by Crippen LogP contribution is -2.43. The van der Waals surface area contributed by atoms with Crippen LogP contribution in [0.25, 0.3) is 10.8 Å². The molecule has 0 unspecified atom stereocenters. The Bertz CT molecular complexity index is 1860. The first-order chi connectivity index (χ1) is 22.8. The Balaban J connectivity index is 1.18. The van der Waals surface area contributed by atoms with Crippen LogP contribution in [-0.4, -0.2) is 71.0 Å². The van der Waals surface area contributed by atoms with E-state index in [2.05, 4.69) is 54.1 Å². The SMILES string of the molecule is CCc1c(F)ccc2cc(O)cc(N3CCc4c(nc(OC[C@@]56CCCN5C[C@H](F)C6)nc4N4CCNc5cc(Br)ccc5C4)C3)c12. The molecule has 2 N–H and O–H groups in total. The van der Waals surface area contributed by atoms with Crippen LogP contribution >= 0.6 is 15.9 Å². The first-order valence-corrected chi connectivity index (χ1v) is 17.5. The molecule has 4 aliphatic rings. The van der Waals surface area contributed by atoms with Crippen molar-refractivity contribution in [3.05, 3.63) is 75.1 Å². The first-order valence-electron chi connectivity index (χ1n) is 16.7. The van der Waals surface area contributed by atoms with Gasteiger partial charge >= 0.3 is 6.01 Å². The number of aryl methyl sites for hydroxylation is 1. The van der Waals surface area contributed by atoms with Crippen LogP contribution in [0.1, 0.15) is 48.6 Å². The van der Waals surface area contributed by atoms with E-state index in [1.807, 2.05) is 6.92 Å². The summed E-state index contributed by atoms with van der Waals surface area (Å²) in [6.45, 7) is 6.96. The number of ether oxygens (including phenoxy) is 1. The predicted octanol–water partition coefficient (Wildman–Crippen LogP) is 6.75. The second-order valence-corrected chi connectivity index (χ2v) is 14.3. The number of phenols is 1. The van der Waals surface area contributed by atoms with Crippen LogP contribution in [0.4, 0.5) is 26.0 Å². The van der Waals surface area contributed by atoms with E-state index in [0.717, 1.165) is 76.2 Å². The fourth-order valence-electron chi connectivity index (χ4n) is 8.28. The third-order valence-electron chi connectivity index (χ3n) is 10.5. The molecule has 246 valence electrons. The lowest BCUT2D eigenvalue weighted by atomic mass is 9.95. The van der Waals surface area contributed by atoms with Gasteiger partial charge < -0.3 is 25.0 Å². The number of hydrogen-bond acceptors (Lipinski definition) is 8. The fraction of sp³-hybridized carbons (Fsp3) is 0.444. The van der Waals surface area contributed by atoms with Gasteiger partial charge in [-0.05, 0) is 73.0 Å². The van der Waals surface area contributed by atoms with E-state index < -0.39 is 6.17 Å². The Labute approximate surface area is 281 Å². The average molecular weight is 706 g/mol. The Kier molecular flexibility index (Phi) is 7.87. The molecule has 0 amide bonds. The number of alkyl halides is 1. The molecule has 4 aromatic rings. The summed E-state index contributed by atoms with van der Waals surface area (Å²) in [7, 11) is 0. The van der Waals surface area contributed by atoms with Gasteiger partial charge in [-0.1, -0.05) is 35.0 Å². The normalized spacial score (nSPS) is 22.5. The van der Waals surface area contributed by atoms with E-state index in [9.17, 15) is 9.50 Å². The molecule has 2 atom stereocenters. The van der Waals surface area contributed by atoms with E-state index in [1.54, 1.807) is 18.2 Å². The van der Waals surface area contributed by atoms with Crippen molar-refractivity contribution >= 4 is 43.9 Å². The van der Waals surface area contributed by atoms with Crippen molar-refractivity contribution in [2.75, 3.05) is 54.4 Å². The number of anilines is 3. The summed E-state index contributed by atoms with van der Waals surface area (Å²) < 4.78 is 37.1. The van der Waals surface area contributed by atoms with Crippen molar-refractivity contribution in [1.82, 2.24) is 14.9 Å². The van der Waals surface area contributed by atoms with Crippen molar-refractivity contribution < 1.29 is 18.6 Å². The summed E-state index contributed by atoms with van der Waals surface area (Å²) in [4.78, 5) is 16.8. The summed E-state index contributed by atoms with van der Waals surface area (Å²) in [5.41, 5.74) is 5.33. The summed E-state index contributed by atoms with van der Waals surface area (Å²) in [6.07, 6.45) is 2.79. The van der Waals surface area contributed by atoms with Crippen LogP contribution in [-0.2, 0) is 25.9 Å². The molecule has 1 aromatic heterocycles. The van der Waals surface area contributed by atoms with Crippen molar-refractivity contribution in [3.8, 4) is 11.8 Å². The summed E-state index contributed by atoms with van der Waals surface area (Å²) >= 11 is 3.60. The molecule has 0 bridgehead atoms. The molecular formula is C36H39BrF2N6O2. The highest BCUT2D eigenvalue weighted by molar-refractivity contribution is 9.10. The van der Waals surface area contributed by atoms with Gasteiger partial charge in [0.15, 0.2) is 0 Å². The molecule has 47 heavy (non-hydrogen) atoms. The van der Waals surface area contributed by atoms with Crippen LogP contribution in [0, 0.1) is 5.82 Å². The highest BCUT2D eigenvalue weighted by Crippen LogP contribution is 2.42. The summed E-state index contributed by atoms with van der Waals surface area (Å²) in [5, 5.41) is 15.9. The minimum atomic E-state index is -0.841. The minimum absolute atomic E-state index is 0.143. The number of hydrogen-bond donors (Lipinski definition) is 2. The molecular weight excluding hydrogens is 666 g/mol. The monoisotopic (exact) mass is 704 g/mol. The molecule has 11 heteroatoms. The molecule has 5 heterocycles. The van der Waals surface area contributed by atoms with Crippen molar-refractivity contribution in [3.63, 3.8) is 0 Å². The number of halogens is 3. The quantitative estimate of drug-likeness (QED) is 0.228. The maximum atomic E-state index is 15.1. The maximum Gasteiger partial charge on any atom is 0.318 e. The molecule has 0 radical (unpaired) electrons. The van der Waals surface area contributed by atoms with E-state index >= 15 is 4.39 Å². The second-order valence-electron chi connectivity index (χ2n) is 13.4. The zero-order valence-corrected chi connectivity index (χ0v) is 28.1. The van der Waals surface area contributed by atoms with E-state index in [4.69, 9.17) is 14.7 Å². The smallest absolute Gasteiger partial charge is 0.318 e. The number of nitrogens with one attached hydrogen (secondary N) is 1. The third kappa shape index (κ3) is 5.55. The van der Waals surface area contributed by atoms with Gasteiger partial charge in [-0.2, -0.15) is 9.97 Å². The van der Waals surface area contributed by atoms with Gasteiger partial charge in [0.1, 0.15) is 30.2 Å². The lowest BCUT2D eigenvalue weighted by Gasteiger charge is -2.35. The van der Waals surface area contributed by atoms with Crippen molar-refractivity contribution in [1.29, 1.82) is 0 Å². The van der Waals surface area contributed by atoms with Gasteiger partial charge in [-0.3, -0.25) is 4.90 Å². The van der Waals surface area contributed by atoms with Crippen molar-refractivity contribution in [2.45, 2.75) is 63.8 Å². The molecule has 8 nitrogen and oxygen atoms in total. The number of fused-ring (bicyclic) bond motifs is 4. The van der Waals surface area contributed by atoms with Gasteiger partial charge in [0, 0.05) is 72.0 Å². The van der Waals surface area contributed by atoms with Crippen molar-refractivity contribution in [2.24, 2.45) is 0 Å². The standard InChI is InChI=1S/C36H39BrF2N6O2/c1-2-27-29(39)7-5-22-14-26(46)16-32(33(22)27)43-12-8-28-31(20-43)41-35(47-21-36-9-3-11-45(36)19-25(38)17-36)42-34(28)44-13-10-40-30-15-24(37)6-4-23(30)18-44/h4-7,14-16,25,40,46H,2-3,8-13,17-21H2,1H3/t25-,36+/m1/s1. The highest BCUT2D eigenvalue weighted by Gasteiger charge is 2.49. The zero-order chi connectivity index (χ0) is 32.3. The lowest BCUT2D eigenvalue weighted by molar-refractivity contribution is 0.107. The molecule has 2 saturated heterocycles. The molecule has 0 spiro atoms. The Hall–Kier alpha value is -3.70. The summed E-state index contributed by atoms with van der Waals surface area (Å²) in [6, 6.07) is 13.3. The Morgan fingerprint density at radius 2 is 1.98 bits per heavy atom. The van der Waals surface area contributed by atoms with Gasteiger partial charge in [0.05, 0.1) is 17.8 Å². The molecule has 8 rings (SSSR count). The van der Waals surface area contributed by atoms with Gasteiger partial charge in [-0.25, -0.2) is 8.78 Å². The summed E-state index contributed by atoms with van der Waals surface area (Å²) in [5.74, 6) is 0.762.